The minimum absolute atomic E-state index is 0.870. The minimum Gasteiger partial charge on any atom is -0.370 e. The fourth-order valence-corrected chi connectivity index (χ4v) is 3.14. The summed E-state index contributed by atoms with van der Waals surface area (Å²) < 4.78 is 5.31. The summed E-state index contributed by atoms with van der Waals surface area (Å²) in [6, 6.07) is 4.06. The molecule has 0 saturated carbocycles. The van der Waals surface area contributed by atoms with Crippen LogP contribution in [0.15, 0.2) is 22.7 Å². The van der Waals surface area contributed by atoms with Gasteiger partial charge in [0.2, 0.25) is 0 Å². The molecule has 4 nitrogen and oxygen atoms in total. The number of aryl methyl sites for hydroxylation is 1. The van der Waals surface area contributed by atoms with Gasteiger partial charge in [-0.3, -0.25) is 0 Å². The molecule has 0 unspecified atom stereocenters. The Hall–Kier alpha value is -1.14. The topological polar surface area (TPSA) is 50.7 Å². The van der Waals surface area contributed by atoms with Gasteiger partial charge in [0.05, 0.1) is 0 Å². The Morgan fingerprint density at radius 3 is 3.00 bits per heavy atom. The number of pyridine rings is 1. The van der Waals surface area contributed by atoms with Crippen LogP contribution in [0.25, 0.3) is 0 Å². The number of nitrogens with zero attached hydrogens (tertiary/aromatic N) is 3. The van der Waals surface area contributed by atoms with E-state index >= 15 is 0 Å². The summed E-state index contributed by atoms with van der Waals surface area (Å²) in [6.45, 7) is 5.03. The lowest BCUT2D eigenvalue weighted by molar-refractivity contribution is 0.971. The van der Waals surface area contributed by atoms with Crippen molar-refractivity contribution in [3.63, 3.8) is 0 Å². The van der Waals surface area contributed by atoms with Gasteiger partial charge in [-0.1, -0.05) is 24.8 Å². The van der Waals surface area contributed by atoms with Crippen LogP contribution < -0.4 is 5.32 Å². The van der Waals surface area contributed by atoms with E-state index in [9.17, 15) is 0 Å². The van der Waals surface area contributed by atoms with Crippen molar-refractivity contribution in [3.8, 4) is 0 Å². The van der Waals surface area contributed by atoms with E-state index in [1.54, 1.807) is 11.8 Å². The van der Waals surface area contributed by atoms with Gasteiger partial charge in [0.1, 0.15) is 11.6 Å². The predicted molar refractivity (Wildman–Crippen MR) is 77.2 cm³/mol. The molecule has 0 aromatic carbocycles. The molecule has 96 valence electrons. The van der Waals surface area contributed by atoms with Crippen molar-refractivity contribution in [2.45, 2.75) is 30.4 Å². The van der Waals surface area contributed by atoms with E-state index in [0.29, 0.717) is 0 Å². The SMILES string of the molecule is CCNc1ncccc1CSc1nc(CC)ns1. The molecule has 0 amide bonds. The molecule has 2 aromatic heterocycles. The molecule has 0 fully saturated rings. The summed E-state index contributed by atoms with van der Waals surface area (Å²) in [5.74, 6) is 2.77. The highest BCUT2D eigenvalue weighted by atomic mass is 32.2. The molecular weight excluding hydrogens is 264 g/mol. The van der Waals surface area contributed by atoms with E-state index in [1.807, 2.05) is 12.3 Å². The molecular formula is C12H16N4S2. The number of aromatic nitrogens is 3. The number of nitrogens with one attached hydrogen (secondary N) is 1. The van der Waals surface area contributed by atoms with Gasteiger partial charge in [0.15, 0.2) is 4.34 Å². The van der Waals surface area contributed by atoms with Crippen molar-refractivity contribution < 1.29 is 0 Å². The molecule has 0 radical (unpaired) electrons. The van der Waals surface area contributed by atoms with E-state index in [2.05, 4.69) is 39.6 Å². The van der Waals surface area contributed by atoms with Crippen LogP contribution in [0.3, 0.4) is 0 Å². The molecule has 0 spiro atoms. The largest absolute Gasteiger partial charge is 0.370 e. The van der Waals surface area contributed by atoms with E-state index in [1.165, 1.54) is 17.1 Å². The van der Waals surface area contributed by atoms with Crippen molar-refractivity contribution in [3.05, 3.63) is 29.7 Å². The predicted octanol–water partition coefficient (Wildman–Crippen LogP) is 3.22. The molecule has 0 aliphatic carbocycles. The monoisotopic (exact) mass is 280 g/mol. The molecule has 0 saturated heterocycles. The van der Waals surface area contributed by atoms with Crippen LogP contribution in [0.4, 0.5) is 5.82 Å². The molecule has 18 heavy (non-hydrogen) atoms. The van der Waals surface area contributed by atoms with Gasteiger partial charge in [0.25, 0.3) is 0 Å². The van der Waals surface area contributed by atoms with Crippen LogP contribution >= 0.6 is 23.3 Å². The van der Waals surface area contributed by atoms with E-state index < -0.39 is 0 Å². The van der Waals surface area contributed by atoms with Crippen LogP contribution in [0.1, 0.15) is 25.2 Å². The number of anilines is 1. The molecule has 2 heterocycles. The van der Waals surface area contributed by atoms with Crippen LogP contribution in [-0.4, -0.2) is 20.9 Å². The first-order valence-electron chi connectivity index (χ1n) is 5.96. The number of hydrogen-bond donors (Lipinski definition) is 1. The highest BCUT2D eigenvalue weighted by Crippen LogP contribution is 2.26. The lowest BCUT2D eigenvalue weighted by Crippen LogP contribution is -2.02. The number of rotatable bonds is 6. The van der Waals surface area contributed by atoms with Crippen molar-refractivity contribution in [1.29, 1.82) is 0 Å². The first kappa shape index (κ1) is 13.3. The molecule has 0 aliphatic heterocycles. The number of hydrogen-bond acceptors (Lipinski definition) is 6. The minimum atomic E-state index is 0.870. The summed E-state index contributed by atoms with van der Waals surface area (Å²) in [6.07, 6.45) is 2.71. The van der Waals surface area contributed by atoms with Gasteiger partial charge in [0, 0.05) is 30.5 Å². The Bertz CT molecular complexity index is 498. The Morgan fingerprint density at radius 1 is 1.39 bits per heavy atom. The Balaban J connectivity index is 2.01. The van der Waals surface area contributed by atoms with E-state index in [4.69, 9.17) is 0 Å². The van der Waals surface area contributed by atoms with Gasteiger partial charge in [-0.05, 0) is 24.5 Å². The zero-order valence-corrected chi connectivity index (χ0v) is 12.1. The quantitative estimate of drug-likeness (QED) is 0.823. The summed E-state index contributed by atoms with van der Waals surface area (Å²) in [4.78, 5) is 8.79. The van der Waals surface area contributed by atoms with E-state index in [-0.39, 0.29) is 0 Å². The van der Waals surface area contributed by atoms with Crippen molar-refractivity contribution in [1.82, 2.24) is 14.3 Å². The highest BCUT2D eigenvalue weighted by Gasteiger charge is 2.06. The van der Waals surface area contributed by atoms with Gasteiger partial charge < -0.3 is 5.32 Å². The second-order valence-corrected chi connectivity index (χ2v) is 5.63. The van der Waals surface area contributed by atoms with Crippen LogP contribution in [0, 0.1) is 0 Å². The zero-order chi connectivity index (χ0) is 12.8. The summed E-state index contributed by atoms with van der Waals surface area (Å²) in [5, 5.41) is 3.27. The van der Waals surface area contributed by atoms with Gasteiger partial charge in [-0.25, -0.2) is 9.97 Å². The molecule has 2 aromatic rings. The van der Waals surface area contributed by atoms with Gasteiger partial charge in [-0.15, -0.1) is 0 Å². The molecule has 0 aliphatic rings. The molecule has 0 bridgehead atoms. The molecule has 2 rings (SSSR count). The van der Waals surface area contributed by atoms with Crippen LogP contribution in [0.5, 0.6) is 0 Å². The average molecular weight is 280 g/mol. The lowest BCUT2D eigenvalue weighted by Gasteiger charge is -2.07. The summed E-state index contributed by atoms with van der Waals surface area (Å²) >= 11 is 3.19. The smallest absolute Gasteiger partial charge is 0.170 e. The first-order valence-corrected chi connectivity index (χ1v) is 7.72. The van der Waals surface area contributed by atoms with Crippen molar-refractivity contribution in [2.75, 3.05) is 11.9 Å². The maximum atomic E-state index is 4.45. The lowest BCUT2D eigenvalue weighted by atomic mass is 10.3. The third-order valence-corrected chi connectivity index (χ3v) is 4.27. The number of thioether (sulfide) groups is 1. The van der Waals surface area contributed by atoms with Crippen molar-refractivity contribution >= 4 is 29.1 Å². The maximum absolute atomic E-state index is 4.45. The van der Waals surface area contributed by atoms with Crippen molar-refractivity contribution in [2.24, 2.45) is 0 Å². The average Bonchev–Trinajstić information content (AvgIpc) is 2.86. The van der Waals surface area contributed by atoms with Gasteiger partial charge >= 0.3 is 0 Å². The second-order valence-electron chi connectivity index (χ2n) is 3.66. The zero-order valence-electron chi connectivity index (χ0n) is 10.5. The molecule has 1 N–H and O–H groups in total. The Labute approximate surface area is 115 Å². The normalized spacial score (nSPS) is 10.6. The Kier molecular flexibility index (Phi) is 4.95. The molecule has 6 heteroatoms. The van der Waals surface area contributed by atoms with E-state index in [0.717, 1.165) is 34.7 Å². The molecule has 0 atom stereocenters. The third kappa shape index (κ3) is 3.43. The fourth-order valence-electron chi connectivity index (χ4n) is 1.46. The highest BCUT2D eigenvalue weighted by molar-refractivity contribution is 8.00. The van der Waals surface area contributed by atoms with Crippen LogP contribution in [0.2, 0.25) is 0 Å². The summed E-state index contributed by atoms with van der Waals surface area (Å²) in [7, 11) is 0. The second kappa shape index (κ2) is 6.70. The maximum Gasteiger partial charge on any atom is 0.170 e. The Morgan fingerprint density at radius 2 is 2.28 bits per heavy atom. The fraction of sp³-hybridized carbons (Fsp3) is 0.417. The third-order valence-electron chi connectivity index (χ3n) is 2.35. The standard InChI is InChI=1S/C12H16N4S2/c1-3-10-15-12(18-16-10)17-8-9-6-5-7-14-11(9)13-4-2/h5-7H,3-4,8H2,1-2H3,(H,13,14). The van der Waals surface area contributed by atoms with Gasteiger partial charge in [-0.2, -0.15) is 4.37 Å². The first-order chi connectivity index (χ1) is 8.83. The van der Waals surface area contributed by atoms with Crippen LogP contribution in [-0.2, 0) is 12.2 Å². The summed E-state index contributed by atoms with van der Waals surface area (Å²) in [5.41, 5.74) is 1.21.